The second-order valence-electron chi connectivity index (χ2n) is 2.89. The third-order valence-electron chi connectivity index (χ3n) is 1.69. The first-order valence-corrected chi connectivity index (χ1v) is 4.53. The number of carbonyl (C=O) groups is 1. The van der Waals surface area contributed by atoms with E-state index in [9.17, 15) is 4.79 Å². The summed E-state index contributed by atoms with van der Waals surface area (Å²) >= 11 is 0. The van der Waals surface area contributed by atoms with Crippen molar-refractivity contribution in [2.24, 2.45) is 0 Å². The summed E-state index contributed by atoms with van der Waals surface area (Å²) in [6.07, 6.45) is 4.92. The minimum absolute atomic E-state index is 0.205. The Morgan fingerprint density at radius 1 is 1.50 bits per heavy atom. The molecular formula is C10H13NO3. The fraction of sp³-hybridized carbons (Fsp3) is 0.400. The van der Waals surface area contributed by atoms with Crippen LogP contribution in [0.1, 0.15) is 19.3 Å². The van der Waals surface area contributed by atoms with E-state index in [2.05, 4.69) is 4.98 Å². The van der Waals surface area contributed by atoms with Crippen LogP contribution in [-0.2, 0) is 4.79 Å². The van der Waals surface area contributed by atoms with E-state index in [0.717, 1.165) is 12.2 Å². The molecule has 1 aromatic heterocycles. The Bertz CT molecular complexity index is 274. The minimum atomic E-state index is -0.758. The highest BCUT2D eigenvalue weighted by molar-refractivity contribution is 5.66. The Hall–Kier alpha value is -1.58. The van der Waals surface area contributed by atoms with Crippen LogP contribution < -0.4 is 4.74 Å². The molecule has 0 bridgehead atoms. The number of pyridine rings is 1. The zero-order valence-corrected chi connectivity index (χ0v) is 7.85. The van der Waals surface area contributed by atoms with Gasteiger partial charge in [-0.05, 0) is 25.0 Å². The minimum Gasteiger partial charge on any atom is -0.492 e. The third-order valence-corrected chi connectivity index (χ3v) is 1.69. The Balaban J connectivity index is 2.08. The molecule has 0 saturated heterocycles. The maximum Gasteiger partial charge on any atom is 0.303 e. The van der Waals surface area contributed by atoms with E-state index in [1.807, 2.05) is 6.07 Å². The van der Waals surface area contributed by atoms with Crippen molar-refractivity contribution in [3.8, 4) is 5.75 Å². The molecule has 4 nitrogen and oxygen atoms in total. The maximum atomic E-state index is 10.2. The Morgan fingerprint density at radius 2 is 2.36 bits per heavy atom. The summed E-state index contributed by atoms with van der Waals surface area (Å²) in [5, 5.41) is 8.38. The largest absolute Gasteiger partial charge is 0.492 e. The van der Waals surface area contributed by atoms with Crippen molar-refractivity contribution in [2.45, 2.75) is 19.3 Å². The predicted molar refractivity (Wildman–Crippen MR) is 51.2 cm³/mol. The summed E-state index contributed by atoms with van der Waals surface area (Å²) in [6, 6.07) is 3.62. The van der Waals surface area contributed by atoms with Crippen LogP contribution in [0.15, 0.2) is 24.5 Å². The molecule has 1 N–H and O–H groups in total. The van der Waals surface area contributed by atoms with Crippen LogP contribution in [0.4, 0.5) is 0 Å². The zero-order chi connectivity index (χ0) is 10.2. The highest BCUT2D eigenvalue weighted by Gasteiger charge is 1.97. The van der Waals surface area contributed by atoms with Gasteiger partial charge in [0.1, 0.15) is 5.75 Å². The van der Waals surface area contributed by atoms with Crippen LogP contribution >= 0.6 is 0 Å². The van der Waals surface area contributed by atoms with Crippen LogP contribution in [0.25, 0.3) is 0 Å². The van der Waals surface area contributed by atoms with Crippen molar-refractivity contribution in [3.05, 3.63) is 24.5 Å². The standard InChI is InChI=1S/C10H13NO3/c12-10(13)5-1-2-7-14-9-4-3-6-11-8-9/h3-4,6,8H,1-2,5,7H2,(H,12,13). The average Bonchev–Trinajstić information content (AvgIpc) is 2.18. The molecule has 4 heteroatoms. The maximum absolute atomic E-state index is 10.2. The van der Waals surface area contributed by atoms with E-state index in [4.69, 9.17) is 9.84 Å². The van der Waals surface area contributed by atoms with Crippen LogP contribution in [-0.4, -0.2) is 22.7 Å². The number of hydrogen-bond donors (Lipinski definition) is 1. The van der Waals surface area contributed by atoms with Gasteiger partial charge in [-0.3, -0.25) is 9.78 Å². The number of hydrogen-bond acceptors (Lipinski definition) is 3. The fourth-order valence-electron chi connectivity index (χ4n) is 1.00. The zero-order valence-electron chi connectivity index (χ0n) is 7.85. The molecule has 0 aliphatic rings. The first-order chi connectivity index (χ1) is 6.79. The average molecular weight is 195 g/mol. The second-order valence-corrected chi connectivity index (χ2v) is 2.89. The van der Waals surface area contributed by atoms with Crippen molar-refractivity contribution in [2.75, 3.05) is 6.61 Å². The smallest absolute Gasteiger partial charge is 0.303 e. The first kappa shape index (κ1) is 10.5. The molecule has 0 spiro atoms. The Morgan fingerprint density at radius 3 is 3.00 bits per heavy atom. The molecular weight excluding hydrogens is 182 g/mol. The van der Waals surface area contributed by atoms with E-state index in [1.165, 1.54) is 0 Å². The van der Waals surface area contributed by atoms with Crippen LogP contribution in [0, 0.1) is 0 Å². The quantitative estimate of drug-likeness (QED) is 0.702. The molecule has 0 aliphatic carbocycles. The molecule has 0 aromatic carbocycles. The molecule has 0 amide bonds. The molecule has 0 fully saturated rings. The third kappa shape index (κ3) is 4.45. The SMILES string of the molecule is O=C(O)CCCCOc1cccnc1. The lowest BCUT2D eigenvalue weighted by Gasteiger charge is -2.03. The lowest BCUT2D eigenvalue weighted by molar-refractivity contribution is -0.137. The fourth-order valence-corrected chi connectivity index (χ4v) is 1.00. The second kappa shape index (κ2) is 5.96. The summed E-state index contributed by atoms with van der Waals surface area (Å²) in [5.74, 6) is -0.0331. The summed E-state index contributed by atoms with van der Waals surface area (Å²) in [7, 11) is 0. The van der Waals surface area contributed by atoms with E-state index < -0.39 is 5.97 Å². The molecule has 14 heavy (non-hydrogen) atoms. The number of unbranched alkanes of at least 4 members (excludes halogenated alkanes) is 1. The van der Waals surface area contributed by atoms with Gasteiger partial charge in [0.25, 0.3) is 0 Å². The van der Waals surface area contributed by atoms with E-state index in [-0.39, 0.29) is 6.42 Å². The molecule has 1 aromatic rings. The molecule has 0 radical (unpaired) electrons. The Labute approximate surface area is 82.5 Å². The molecule has 1 rings (SSSR count). The van der Waals surface area contributed by atoms with Crippen molar-refractivity contribution < 1.29 is 14.6 Å². The molecule has 0 unspecified atom stereocenters. The van der Waals surface area contributed by atoms with Crippen molar-refractivity contribution in [1.82, 2.24) is 4.98 Å². The number of carboxylic acid groups (broad SMARTS) is 1. The van der Waals surface area contributed by atoms with Gasteiger partial charge in [0.05, 0.1) is 12.8 Å². The van der Waals surface area contributed by atoms with Gasteiger partial charge >= 0.3 is 5.97 Å². The summed E-state index contributed by atoms with van der Waals surface area (Å²) in [6.45, 7) is 0.541. The first-order valence-electron chi connectivity index (χ1n) is 4.53. The molecule has 0 saturated carbocycles. The van der Waals surface area contributed by atoms with E-state index in [1.54, 1.807) is 18.5 Å². The predicted octanol–water partition coefficient (Wildman–Crippen LogP) is 1.72. The monoisotopic (exact) mass is 195 g/mol. The van der Waals surface area contributed by atoms with E-state index >= 15 is 0 Å². The lowest BCUT2D eigenvalue weighted by Crippen LogP contribution is -2.00. The normalized spacial score (nSPS) is 9.71. The van der Waals surface area contributed by atoms with Gasteiger partial charge in [-0.2, -0.15) is 0 Å². The van der Waals surface area contributed by atoms with Crippen LogP contribution in [0.3, 0.4) is 0 Å². The van der Waals surface area contributed by atoms with Crippen LogP contribution in [0.2, 0.25) is 0 Å². The van der Waals surface area contributed by atoms with Crippen LogP contribution in [0.5, 0.6) is 5.75 Å². The number of aromatic nitrogens is 1. The number of aliphatic carboxylic acids is 1. The van der Waals surface area contributed by atoms with Crippen molar-refractivity contribution >= 4 is 5.97 Å². The molecule has 1 heterocycles. The van der Waals surface area contributed by atoms with Gasteiger partial charge in [-0.25, -0.2) is 0 Å². The number of nitrogens with zero attached hydrogens (tertiary/aromatic N) is 1. The van der Waals surface area contributed by atoms with Gasteiger partial charge in [-0.1, -0.05) is 0 Å². The van der Waals surface area contributed by atoms with Gasteiger partial charge in [0.2, 0.25) is 0 Å². The molecule has 0 atom stereocenters. The lowest BCUT2D eigenvalue weighted by atomic mass is 10.2. The summed E-state index contributed by atoms with van der Waals surface area (Å²) in [4.78, 5) is 14.1. The number of carboxylic acids is 1. The van der Waals surface area contributed by atoms with Crippen molar-refractivity contribution in [3.63, 3.8) is 0 Å². The van der Waals surface area contributed by atoms with E-state index in [0.29, 0.717) is 13.0 Å². The topological polar surface area (TPSA) is 59.4 Å². The van der Waals surface area contributed by atoms with Crippen molar-refractivity contribution in [1.29, 1.82) is 0 Å². The highest BCUT2D eigenvalue weighted by atomic mass is 16.5. The van der Waals surface area contributed by atoms with Gasteiger partial charge in [0.15, 0.2) is 0 Å². The number of ether oxygens (including phenoxy) is 1. The molecule has 0 aliphatic heterocycles. The Kier molecular flexibility index (Phi) is 4.47. The van der Waals surface area contributed by atoms with Gasteiger partial charge < -0.3 is 9.84 Å². The van der Waals surface area contributed by atoms with Gasteiger partial charge in [-0.15, -0.1) is 0 Å². The van der Waals surface area contributed by atoms with Gasteiger partial charge in [0, 0.05) is 12.6 Å². The highest BCUT2D eigenvalue weighted by Crippen LogP contribution is 2.07. The number of rotatable bonds is 6. The summed E-state index contributed by atoms with van der Waals surface area (Å²) in [5.41, 5.74) is 0. The summed E-state index contributed by atoms with van der Waals surface area (Å²) < 4.78 is 5.33. The molecule has 76 valence electrons.